The van der Waals surface area contributed by atoms with Gasteiger partial charge in [-0.05, 0) is 43.6 Å². The summed E-state index contributed by atoms with van der Waals surface area (Å²) in [7, 11) is -3.51. The molecule has 2 unspecified atom stereocenters. The number of amides is 2. The number of ether oxygens (including phenoxy) is 1. The topological polar surface area (TPSA) is 94.2 Å². The highest BCUT2D eigenvalue weighted by Gasteiger charge is 2.58. The van der Waals surface area contributed by atoms with Crippen LogP contribution in [0.5, 0.6) is 0 Å². The summed E-state index contributed by atoms with van der Waals surface area (Å²) in [5.74, 6) is -0.932. The largest absolute Gasteiger partial charge is 0.445 e. The number of likely N-dealkylation sites (tertiary alicyclic amines) is 1. The summed E-state index contributed by atoms with van der Waals surface area (Å²) in [4.78, 5) is 40.9. The zero-order valence-corrected chi connectivity index (χ0v) is 27.8. The molecule has 1 N–H and O–H groups in total. The van der Waals surface area contributed by atoms with E-state index in [9.17, 15) is 14.4 Å². The molecule has 2 aliphatic rings. The van der Waals surface area contributed by atoms with Crippen LogP contribution >= 0.6 is 0 Å². The van der Waals surface area contributed by atoms with Crippen molar-refractivity contribution in [3.63, 3.8) is 0 Å². The smallest absolute Gasteiger partial charge is 0.410 e. The molecule has 2 amide bonds. The zero-order chi connectivity index (χ0) is 29.3. The lowest BCUT2D eigenvalue weighted by Crippen LogP contribution is -2.70. The van der Waals surface area contributed by atoms with Gasteiger partial charge >= 0.3 is 6.09 Å². The Morgan fingerprint density at radius 2 is 1.74 bits per heavy atom. The molecule has 2 rings (SSSR count). The highest BCUT2D eigenvalue weighted by Crippen LogP contribution is 2.46. The molecular formula is C28H52N2O6Si2. The molecule has 0 radical (unpaired) electrons. The molecule has 0 aliphatic carbocycles. The third kappa shape index (κ3) is 7.17. The summed E-state index contributed by atoms with van der Waals surface area (Å²) in [6.07, 6.45) is 1.30. The maximum Gasteiger partial charge on any atom is 0.410 e. The first-order chi connectivity index (χ1) is 17.2. The molecule has 218 valence electrons. The van der Waals surface area contributed by atoms with Crippen molar-refractivity contribution in [3.05, 3.63) is 12.7 Å². The number of Topliss-reactive ketones (excluding diaryl/α,β-unsaturated/α-hetero) is 1. The number of β-lactam (4-membered cyclic amide) rings is 1. The number of hydrogen-bond acceptors (Lipinski definition) is 6. The molecule has 2 heterocycles. The summed E-state index contributed by atoms with van der Waals surface area (Å²) < 4.78 is 18.3. The molecule has 0 aromatic rings. The number of ketones is 1. The van der Waals surface area contributed by atoms with Crippen LogP contribution in [0.15, 0.2) is 12.7 Å². The summed E-state index contributed by atoms with van der Waals surface area (Å²) in [6.45, 7) is 28.3. The van der Waals surface area contributed by atoms with Crippen LogP contribution in [-0.2, 0) is 23.2 Å². The van der Waals surface area contributed by atoms with Crippen molar-refractivity contribution in [2.75, 3.05) is 26.3 Å². The lowest BCUT2D eigenvalue weighted by Gasteiger charge is -2.54. The third-order valence-corrected chi connectivity index (χ3v) is 14.4. The molecule has 0 aromatic carbocycles. The van der Waals surface area contributed by atoms with Gasteiger partial charge in [-0.3, -0.25) is 9.59 Å². The highest BCUT2D eigenvalue weighted by molar-refractivity contribution is 6.74. The maximum atomic E-state index is 13.8. The molecule has 0 saturated carbocycles. The van der Waals surface area contributed by atoms with E-state index in [2.05, 4.69) is 79.6 Å². The Bertz CT molecular complexity index is 895. The van der Waals surface area contributed by atoms with E-state index < -0.39 is 35.0 Å². The van der Waals surface area contributed by atoms with Gasteiger partial charge < -0.3 is 23.8 Å². The van der Waals surface area contributed by atoms with E-state index in [0.717, 1.165) is 0 Å². The second kappa shape index (κ2) is 11.9. The first-order valence-corrected chi connectivity index (χ1v) is 19.6. The molecule has 2 saturated heterocycles. The second-order valence-corrected chi connectivity index (χ2v) is 21.1. The van der Waals surface area contributed by atoms with E-state index in [-0.39, 0.29) is 59.6 Å². The van der Waals surface area contributed by atoms with Crippen molar-refractivity contribution in [3.8, 4) is 0 Å². The van der Waals surface area contributed by atoms with Gasteiger partial charge in [0.15, 0.2) is 17.4 Å². The fourth-order valence-electron chi connectivity index (χ4n) is 5.13. The van der Waals surface area contributed by atoms with Gasteiger partial charge in [0.25, 0.3) is 0 Å². The van der Waals surface area contributed by atoms with Crippen molar-refractivity contribution < 1.29 is 28.0 Å². The lowest BCUT2D eigenvalue weighted by molar-refractivity contribution is -0.160. The lowest BCUT2D eigenvalue weighted by atomic mass is 9.63. The average Bonchev–Trinajstić information content (AvgIpc) is 3.18. The Balaban J connectivity index is 2.24. The van der Waals surface area contributed by atoms with Gasteiger partial charge in [0.05, 0.1) is 17.6 Å². The van der Waals surface area contributed by atoms with Crippen LogP contribution in [0.2, 0.25) is 31.2 Å². The van der Waals surface area contributed by atoms with Crippen LogP contribution in [-0.4, -0.2) is 78.0 Å². The van der Waals surface area contributed by atoms with Gasteiger partial charge in [-0.15, -0.1) is 0 Å². The van der Waals surface area contributed by atoms with Crippen LogP contribution in [0.3, 0.4) is 0 Å². The number of nitrogens with one attached hydrogen (secondary N) is 1. The SMILES string of the molecule is C=CCOC(=O)N1CC(CO[Si](C)(C)C(C)(C)C)C(C(=O)C[C@H]2NC(=O)[C@@H]2[C@@](C)(O[SiH](C)C)C(C)(C)C)C1. The fraction of sp³-hybridized carbons (Fsp3) is 0.821. The Hall–Kier alpha value is -1.50. The van der Waals surface area contributed by atoms with Crippen molar-refractivity contribution in [1.82, 2.24) is 10.2 Å². The van der Waals surface area contributed by atoms with E-state index >= 15 is 0 Å². The second-order valence-electron chi connectivity index (χ2n) is 14.0. The van der Waals surface area contributed by atoms with Gasteiger partial charge in [-0.1, -0.05) is 54.2 Å². The van der Waals surface area contributed by atoms with E-state index in [4.69, 9.17) is 13.6 Å². The first-order valence-electron chi connectivity index (χ1n) is 13.9. The Kier molecular flexibility index (Phi) is 10.3. The van der Waals surface area contributed by atoms with Crippen molar-refractivity contribution in [1.29, 1.82) is 0 Å². The van der Waals surface area contributed by atoms with Crippen LogP contribution in [0.25, 0.3) is 0 Å². The summed E-state index contributed by atoms with van der Waals surface area (Å²) in [5.41, 5.74) is -0.964. The average molecular weight is 569 g/mol. The van der Waals surface area contributed by atoms with E-state index in [1.165, 1.54) is 6.08 Å². The Morgan fingerprint density at radius 3 is 2.21 bits per heavy atom. The van der Waals surface area contributed by atoms with Crippen LogP contribution in [0.1, 0.15) is 54.9 Å². The van der Waals surface area contributed by atoms with E-state index in [1.807, 2.05) is 6.92 Å². The van der Waals surface area contributed by atoms with Crippen LogP contribution in [0, 0.1) is 23.2 Å². The zero-order valence-electron chi connectivity index (χ0n) is 25.6. The molecule has 5 atom stereocenters. The molecule has 0 bridgehead atoms. The number of nitrogens with zero attached hydrogens (tertiary/aromatic N) is 1. The van der Waals surface area contributed by atoms with Gasteiger partial charge in [0.2, 0.25) is 5.91 Å². The molecule has 2 fully saturated rings. The molecule has 2 aliphatic heterocycles. The number of carbonyl (C=O) groups excluding carboxylic acids is 3. The van der Waals surface area contributed by atoms with Crippen molar-refractivity contribution in [2.24, 2.45) is 23.2 Å². The standard InChI is InChI=1S/C28H52N2O6Si2/c1-13-14-34-25(33)30-16-19(18-35-38(11,12)27(5,6)7)20(17-30)22(31)15-21-23(24(32)29-21)28(8,26(2,3)4)36-37(9)10/h13,19-21,23,37H,1,14-18H2,2-12H3,(H,29,32)/t19?,20?,21-,23-,28-/m1/s1. The number of hydrogen-bond donors (Lipinski definition) is 1. The quantitative estimate of drug-likeness (QED) is 0.219. The Morgan fingerprint density at radius 1 is 1.13 bits per heavy atom. The fourth-order valence-corrected chi connectivity index (χ4v) is 7.67. The summed E-state index contributed by atoms with van der Waals surface area (Å²) in [5, 5.41) is 3.02. The van der Waals surface area contributed by atoms with Gasteiger partial charge in [-0.2, -0.15) is 0 Å². The van der Waals surface area contributed by atoms with Crippen molar-refractivity contribution in [2.45, 2.75) is 97.8 Å². The predicted octanol–water partition coefficient (Wildman–Crippen LogP) is 4.76. The monoisotopic (exact) mass is 568 g/mol. The van der Waals surface area contributed by atoms with Gasteiger partial charge in [0, 0.05) is 38.0 Å². The van der Waals surface area contributed by atoms with E-state index in [0.29, 0.717) is 13.2 Å². The number of carbonyl (C=O) groups is 3. The summed E-state index contributed by atoms with van der Waals surface area (Å²) >= 11 is 0. The van der Waals surface area contributed by atoms with Gasteiger partial charge in [-0.25, -0.2) is 4.79 Å². The maximum absolute atomic E-state index is 13.8. The molecule has 0 aromatic heterocycles. The third-order valence-electron chi connectivity index (χ3n) is 8.90. The minimum Gasteiger partial charge on any atom is -0.445 e. The predicted molar refractivity (Wildman–Crippen MR) is 156 cm³/mol. The van der Waals surface area contributed by atoms with Crippen LogP contribution < -0.4 is 5.32 Å². The van der Waals surface area contributed by atoms with Crippen LogP contribution in [0.4, 0.5) is 4.79 Å². The minimum absolute atomic E-state index is 0.0360. The number of rotatable bonds is 11. The minimum atomic E-state index is -2.05. The molecule has 38 heavy (non-hydrogen) atoms. The van der Waals surface area contributed by atoms with E-state index in [1.54, 1.807) is 4.90 Å². The summed E-state index contributed by atoms with van der Waals surface area (Å²) in [6, 6.07) is -0.296. The van der Waals surface area contributed by atoms with Crippen molar-refractivity contribution >= 4 is 35.1 Å². The molecule has 10 heteroatoms. The van der Waals surface area contributed by atoms with Gasteiger partial charge in [0.1, 0.15) is 12.4 Å². The molecule has 8 nitrogen and oxygen atoms in total. The molecule has 0 spiro atoms. The highest BCUT2D eigenvalue weighted by atomic mass is 28.4. The first kappa shape index (κ1) is 32.7. The Labute approximate surface area is 233 Å². The molecular weight excluding hydrogens is 516 g/mol. The normalized spacial score (nSPS) is 26.0.